The molecule has 2 heteroatoms. The molecule has 0 aromatic heterocycles. The first-order valence-corrected chi connectivity index (χ1v) is 8.76. The van der Waals surface area contributed by atoms with E-state index in [9.17, 15) is 11.3 Å². The van der Waals surface area contributed by atoms with Crippen LogP contribution in [0.2, 0.25) is 0 Å². The van der Waals surface area contributed by atoms with Gasteiger partial charge in [0.2, 0.25) is 0 Å². The predicted octanol–water partition coefficient (Wildman–Crippen LogP) is 3.88. The van der Waals surface area contributed by atoms with E-state index < -0.39 is 47.9 Å². The van der Waals surface area contributed by atoms with Gasteiger partial charge in [0.1, 0.15) is 5.60 Å². The Morgan fingerprint density at radius 1 is 1.39 bits per heavy atom. The first-order chi connectivity index (χ1) is 13.3. The first kappa shape index (κ1) is 10.0. The van der Waals surface area contributed by atoms with Crippen LogP contribution in [-0.4, -0.2) is 16.5 Å². The number of terminal acetylenes is 1. The van der Waals surface area contributed by atoms with E-state index >= 15 is 0 Å². The third kappa shape index (κ3) is 1.96. The summed E-state index contributed by atoms with van der Waals surface area (Å²) in [5, 5.41) is 11.2. The molecule has 0 aliphatic heterocycles. The quantitative estimate of drug-likeness (QED) is 0.745. The molecule has 6 atom stereocenters. The van der Waals surface area contributed by atoms with E-state index in [2.05, 4.69) is 5.92 Å². The largest absolute Gasteiger partial charge is 0.377 e. The molecule has 124 valence electrons. The third-order valence-electron chi connectivity index (χ3n) is 7.12. The van der Waals surface area contributed by atoms with Crippen molar-refractivity contribution in [1.82, 2.24) is 0 Å². The van der Waals surface area contributed by atoms with Crippen LogP contribution in [0.3, 0.4) is 0 Å². The summed E-state index contributed by atoms with van der Waals surface area (Å²) >= 11 is 0. The highest BCUT2D eigenvalue weighted by atomic mass is 16.3. The molecule has 4 aliphatic carbocycles. The van der Waals surface area contributed by atoms with Gasteiger partial charge in [-0.25, -0.2) is 0 Å². The minimum Gasteiger partial charge on any atom is -0.377 e. The maximum absolute atomic E-state index is 12.4. The number of carbonyl (C=O) groups excluding carboxylic acids is 1. The van der Waals surface area contributed by atoms with Crippen LogP contribution in [0.5, 0.6) is 0 Å². The van der Waals surface area contributed by atoms with E-state index in [4.69, 9.17) is 13.3 Å². The SMILES string of the molecule is [2H]C1=C2C([2H])([2H])C[C@@H]3C4CC[C@](O)(C#C)[C@]4(CC)CCC3[C@]2([2H])CC([2H])([2H])C1=O. The number of aliphatic hydroxyl groups is 1. The molecule has 2 nitrogen and oxygen atoms in total. The Morgan fingerprint density at radius 2 is 2.22 bits per heavy atom. The topological polar surface area (TPSA) is 37.3 Å². The number of rotatable bonds is 1. The van der Waals surface area contributed by atoms with Crippen LogP contribution < -0.4 is 0 Å². The summed E-state index contributed by atoms with van der Waals surface area (Å²) in [4.78, 5) is 12.4. The van der Waals surface area contributed by atoms with Crippen molar-refractivity contribution in [2.45, 2.75) is 70.2 Å². The van der Waals surface area contributed by atoms with Crippen molar-refractivity contribution in [3.05, 3.63) is 11.6 Å². The Hall–Kier alpha value is -1.07. The predicted molar refractivity (Wildman–Crippen MR) is 90.5 cm³/mol. The molecule has 4 aliphatic rings. The van der Waals surface area contributed by atoms with Gasteiger partial charge in [-0.2, -0.15) is 0 Å². The second kappa shape index (κ2) is 5.21. The Labute approximate surface area is 148 Å². The van der Waals surface area contributed by atoms with Gasteiger partial charge in [0.25, 0.3) is 0 Å². The van der Waals surface area contributed by atoms with E-state index in [1.165, 1.54) is 0 Å². The molecule has 3 saturated carbocycles. The van der Waals surface area contributed by atoms with Gasteiger partial charge in [0, 0.05) is 18.6 Å². The fourth-order valence-corrected chi connectivity index (χ4v) is 5.98. The Balaban J connectivity index is 1.86. The molecule has 0 heterocycles. The summed E-state index contributed by atoms with van der Waals surface area (Å²) in [5.41, 5.74) is -1.91. The van der Waals surface area contributed by atoms with Gasteiger partial charge >= 0.3 is 0 Å². The van der Waals surface area contributed by atoms with Crippen molar-refractivity contribution in [1.29, 1.82) is 0 Å². The van der Waals surface area contributed by atoms with Crippen LogP contribution in [0, 0.1) is 41.4 Å². The first-order valence-electron chi connectivity index (χ1n) is 11.8. The second-order valence-corrected chi connectivity index (χ2v) is 7.56. The zero-order chi connectivity index (χ0) is 21.6. The average molecular weight is 318 g/mol. The number of hydrogen-bond acceptors (Lipinski definition) is 2. The number of allylic oxidation sites excluding steroid dienone is 1. The zero-order valence-corrected chi connectivity index (χ0v) is 13.6. The van der Waals surface area contributed by atoms with Crippen molar-refractivity contribution in [3.8, 4) is 12.3 Å². The lowest BCUT2D eigenvalue weighted by Gasteiger charge is -2.55. The fraction of sp³-hybridized carbons (Fsp3) is 0.762. The molecule has 2 unspecified atom stereocenters. The molecule has 23 heavy (non-hydrogen) atoms. The maximum Gasteiger partial charge on any atom is 0.155 e. The summed E-state index contributed by atoms with van der Waals surface area (Å²) in [6, 6.07) is -0.654. The molecular formula is C21H28O2. The summed E-state index contributed by atoms with van der Waals surface area (Å²) in [6.45, 7) is 2.00. The van der Waals surface area contributed by atoms with Gasteiger partial charge in [-0.3, -0.25) is 4.79 Å². The van der Waals surface area contributed by atoms with Gasteiger partial charge in [0.05, 0.1) is 1.37 Å². The molecule has 0 amide bonds. The van der Waals surface area contributed by atoms with Crippen molar-refractivity contribution in [3.63, 3.8) is 0 Å². The molecule has 0 saturated heterocycles. The normalized spacial score (nSPS) is 60.6. The molecule has 0 spiro atoms. The van der Waals surface area contributed by atoms with E-state index in [-0.39, 0.29) is 29.7 Å². The van der Waals surface area contributed by atoms with Crippen LogP contribution in [0.1, 0.15) is 72.8 Å². The second-order valence-electron chi connectivity index (χ2n) is 7.56. The highest BCUT2D eigenvalue weighted by molar-refractivity contribution is 5.91. The Morgan fingerprint density at radius 3 is 2.96 bits per heavy atom. The van der Waals surface area contributed by atoms with Crippen LogP contribution >= 0.6 is 0 Å². The van der Waals surface area contributed by atoms with Crippen molar-refractivity contribution < 1.29 is 18.1 Å². The molecule has 0 bridgehead atoms. The number of fused-ring (bicyclic) bond motifs is 5. The summed E-state index contributed by atoms with van der Waals surface area (Å²) in [6.07, 6.45) is 3.91. The van der Waals surface area contributed by atoms with Crippen LogP contribution in [0.25, 0.3) is 0 Å². The van der Waals surface area contributed by atoms with E-state index in [1.54, 1.807) is 0 Å². The summed E-state index contributed by atoms with van der Waals surface area (Å²) in [7, 11) is 0. The lowest BCUT2D eigenvalue weighted by Crippen LogP contribution is -2.53. The molecular weight excluding hydrogens is 284 g/mol. The van der Waals surface area contributed by atoms with Crippen molar-refractivity contribution in [2.24, 2.45) is 29.1 Å². The number of hydrogen-bond donors (Lipinski definition) is 1. The van der Waals surface area contributed by atoms with Crippen LogP contribution in [-0.2, 0) is 4.79 Å². The monoisotopic (exact) mass is 318 g/mol. The Bertz CT molecular complexity index is 845. The molecule has 3 fully saturated rings. The highest BCUT2D eigenvalue weighted by Gasteiger charge is 2.63. The van der Waals surface area contributed by atoms with Gasteiger partial charge in [-0.15, -0.1) is 6.42 Å². The van der Waals surface area contributed by atoms with Crippen molar-refractivity contribution in [2.75, 3.05) is 0 Å². The molecule has 0 radical (unpaired) electrons. The van der Waals surface area contributed by atoms with Crippen LogP contribution in [0.15, 0.2) is 11.6 Å². The van der Waals surface area contributed by atoms with E-state index in [0.29, 0.717) is 32.1 Å². The van der Waals surface area contributed by atoms with Crippen molar-refractivity contribution >= 4 is 5.78 Å². The highest BCUT2D eigenvalue weighted by Crippen LogP contribution is 2.66. The molecule has 4 rings (SSSR count). The molecule has 0 aromatic carbocycles. The zero-order valence-electron chi connectivity index (χ0n) is 19.6. The van der Waals surface area contributed by atoms with Gasteiger partial charge < -0.3 is 5.11 Å². The van der Waals surface area contributed by atoms with E-state index in [1.807, 2.05) is 6.92 Å². The van der Waals surface area contributed by atoms with Gasteiger partial charge in [0.15, 0.2) is 5.78 Å². The Kier molecular flexibility index (Phi) is 2.28. The minimum absolute atomic E-state index is 0.0520. The lowest BCUT2D eigenvalue weighted by molar-refractivity contribution is -0.117. The summed E-state index contributed by atoms with van der Waals surface area (Å²) in [5.74, 6) is -0.673. The average Bonchev–Trinajstić information content (AvgIpc) is 2.93. The van der Waals surface area contributed by atoms with Gasteiger partial charge in [-0.05, 0) is 81.0 Å². The molecule has 1 N–H and O–H groups in total. The minimum atomic E-state index is -2.34. The molecule has 0 aromatic rings. The standard InChI is InChI=1S/C21H28O2/c1-3-20-11-9-17-16-8-6-15(22)13-14(16)5-7-18(17)19(20)10-12-21(20,23)4-2/h2,13,16-19,23H,3,5-12H2,1H3/t16-,17?,18+,19?,20-,21-/m1/s1/i5D2,6D2,13D,16D. The number of ketones is 1. The summed E-state index contributed by atoms with van der Waals surface area (Å²) < 4.78 is 51.0. The third-order valence-corrected chi connectivity index (χ3v) is 7.12. The lowest BCUT2D eigenvalue weighted by atomic mass is 9.49. The number of carbonyl (C=O) groups is 1. The van der Waals surface area contributed by atoms with Gasteiger partial charge in [-0.1, -0.05) is 18.4 Å². The smallest absolute Gasteiger partial charge is 0.155 e. The fourth-order valence-electron chi connectivity index (χ4n) is 5.98. The maximum atomic E-state index is 12.4. The van der Waals surface area contributed by atoms with Crippen LogP contribution in [0.4, 0.5) is 0 Å². The van der Waals surface area contributed by atoms with E-state index in [0.717, 1.165) is 0 Å².